The first-order valence-electron chi connectivity index (χ1n) is 10.3. The van der Waals surface area contributed by atoms with Crippen LogP contribution in [0.15, 0.2) is 12.2 Å². The van der Waals surface area contributed by atoms with Crippen LogP contribution in [0.5, 0.6) is 0 Å². The van der Waals surface area contributed by atoms with Gasteiger partial charge in [-0.05, 0) is 33.1 Å². The molecule has 17 nitrogen and oxygen atoms in total. The molecule has 0 fully saturated rings. The number of hydrogen-bond acceptors (Lipinski definition) is 17. The van der Waals surface area contributed by atoms with Gasteiger partial charge in [0.05, 0.1) is 32.3 Å². The van der Waals surface area contributed by atoms with E-state index in [1.54, 1.807) is 14.0 Å². The maximum atomic E-state index is 12.2. The summed E-state index contributed by atoms with van der Waals surface area (Å²) in [7, 11) is -7.82. The third-order valence-corrected chi connectivity index (χ3v) is 6.19. The maximum Gasteiger partial charge on any atom is 2.00 e. The van der Waals surface area contributed by atoms with Crippen LogP contribution >= 0.6 is 0 Å². The molecule has 0 spiro atoms. The Bertz CT molecular complexity index is 1020. The summed E-state index contributed by atoms with van der Waals surface area (Å²) in [6.07, 6.45) is 3.61. The van der Waals surface area contributed by atoms with Crippen LogP contribution < -0.4 is 30.8 Å². The quantitative estimate of drug-likeness (QED) is 0.0806. The molecule has 0 aliphatic heterocycles. The molecule has 1 aliphatic rings. The SMILES string of the molecule is COC[C@H]1C=C[C@H](O[C@H](C)C(=O)OC)C[C@H]1C(C)(C)C(=O)OC.N.N.N.N.N.O=S(=O)([O-])C(F)(F)F.O=S(=O)([O-])C(F)(F)F.[Os+2]. The fourth-order valence-electron chi connectivity index (χ4n) is 3.10. The summed E-state index contributed by atoms with van der Waals surface area (Å²) in [5, 5.41) is 0. The minimum absolute atomic E-state index is 0. The molecule has 0 aromatic rings. The van der Waals surface area contributed by atoms with Crippen LogP contribution in [-0.2, 0) is 68.6 Å². The molecule has 4 atom stereocenters. The van der Waals surface area contributed by atoms with Gasteiger partial charge in [-0.3, -0.25) is 4.79 Å². The zero-order chi connectivity index (χ0) is 31.6. The van der Waals surface area contributed by atoms with Crippen molar-refractivity contribution in [2.45, 2.75) is 50.4 Å². The van der Waals surface area contributed by atoms with Gasteiger partial charge >= 0.3 is 42.7 Å². The van der Waals surface area contributed by atoms with Crippen molar-refractivity contribution in [2.24, 2.45) is 17.3 Å². The number of esters is 2. The van der Waals surface area contributed by atoms with E-state index in [-0.39, 0.29) is 74.5 Å². The van der Waals surface area contributed by atoms with E-state index in [1.807, 2.05) is 26.0 Å². The molecule has 0 amide bonds. The Kier molecular flexibility index (Phi) is 34.0. The van der Waals surface area contributed by atoms with Crippen LogP contribution in [0.4, 0.5) is 26.3 Å². The summed E-state index contributed by atoms with van der Waals surface area (Å²) in [5.41, 5.74) is -12.0. The fraction of sp³-hybridized carbons (Fsp3) is 0.789. The average Bonchev–Trinajstić information content (AvgIpc) is 2.77. The van der Waals surface area contributed by atoms with Gasteiger partial charge in [-0.2, -0.15) is 26.3 Å². The van der Waals surface area contributed by atoms with Crippen LogP contribution in [0.2, 0.25) is 0 Å². The molecule has 0 radical (unpaired) electrons. The van der Waals surface area contributed by atoms with Crippen LogP contribution in [0.1, 0.15) is 27.2 Å². The third-order valence-electron chi connectivity index (χ3n) is 5.05. The molecule has 0 saturated carbocycles. The van der Waals surface area contributed by atoms with Crippen molar-refractivity contribution in [1.82, 2.24) is 30.8 Å². The molecule has 15 N–H and O–H groups in total. The molecule has 0 bridgehead atoms. The average molecular weight is 902 g/mol. The molecule has 1 rings (SSSR count). The van der Waals surface area contributed by atoms with Gasteiger partial charge in [-0.15, -0.1) is 0 Å². The molecule has 1 aliphatic carbocycles. The van der Waals surface area contributed by atoms with E-state index in [9.17, 15) is 35.9 Å². The van der Waals surface area contributed by atoms with Gasteiger partial charge < -0.3 is 58.8 Å². The standard InChI is InChI=1S/C17H28O6.2CHF3O3S.5H3N.Os/c1-11(15(18)21-5)23-13-8-7-12(10-20-4)14(9-13)17(2,3)16(19)22-6;2*2-1(3,4)8(5,6)7;;;;;;/h7-8,11-14H,9-10H2,1-6H3;2*(H,5,6,7);5*1H3;/q;;;;;;;;+2/p-2/t11-,12-,13+,14-;;;;;;;;/m1......../s1. The summed E-state index contributed by atoms with van der Waals surface area (Å²) >= 11 is 0. The van der Waals surface area contributed by atoms with Crippen LogP contribution in [0.25, 0.3) is 0 Å². The van der Waals surface area contributed by atoms with Gasteiger partial charge in [0.1, 0.15) is 0 Å². The van der Waals surface area contributed by atoms with Gasteiger partial charge in [-0.1, -0.05) is 12.2 Å². The van der Waals surface area contributed by atoms with E-state index in [0.29, 0.717) is 13.0 Å². The summed E-state index contributed by atoms with van der Waals surface area (Å²) in [6, 6.07) is 0. The second kappa shape index (κ2) is 24.6. The molecule has 0 aromatic heterocycles. The van der Waals surface area contributed by atoms with E-state index >= 15 is 0 Å². The zero-order valence-electron chi connectivity index (χ0n) is 25.3. The summed E-state index contributed by atoms with van der Waals surface area (Å²) in [6.45, 7) is 5.90. The fourth-order valence-corrected chi connectivity index (χ4v) is 3.10. The van der Waals surface area contributed by atoms with Gasteiger partial charge in [0.2, 0.25) is 0 Å². The number of carbonyl (C=O) groups excluding carboxylic acids is 2. The van der Waals surface area contributed by atoms with E-state index in [0.717, 1.165) is 0 Å². The zero-order valence-corrected chi connectivity index (χ0v) is 29.4. The van der Waals surface area contributed by atoms with Gasteiger partial charge in [-0.25, -0.2) is 21.6 Å². The smallest absolute Gasteiger partial charge is 0.741 e. The van der Waals surface area contributed by atoms with E-state index in [4.69, 9.17) is 40.2 Å². The van der Waals surface area contributed by atoms with Crippen molar-refractivity contribution in [3.63, 3.8) is 0 Å². The maximum absolute atomic E-state index is 12.2. The van der Waals surface area contributed by atoms with Gasteiger partial charge in [0.15, 0.2) is 26.3 Å². The van der Waals surface area contributed by atoms with Crippen LogP contribution in [0, 0.1) is 17.3 Å². The monoisotopic (exact) mass is 903 g/mol. The molecule has 0 saturated heterocycles. The molecule has 45 heavy (non-hydrogen) atoms. The molecule has 0 heterocycles. The Morgan fingerprint density at radius 1 is 0.822 bits per heavy atom. The molecule has 278 valence electrons. The molecular formula is C19H43F6N5O12OsS2. The predicted octanol–water partition coefficient (Wildman–Crippen LogP) is 2.88. The van der Waals surface area contributed by atoms with Crippen molar-refractivity contribution >= 4 is 32.2 Å². The van der Waals surface area contributed by atoms with Crippen molar-refractivity contribution in [2.75, 3.05) is 27.9 Å². The van der Waals surface area contributed by atoms with Crippen LogP contribution in [0.3, 0.4) is 0 Å². The predicted molar refractivity (Wildman–Crippen MR) is 141 cm³/mol. The molecular weight excluding hydrogens is 859 g/mol. The molecule has 26 heteroatoms. The van der Waals surface area contributed by atoms with Crippen LogP contribution in [-0.4, -0.2) is 89.0 Å². The Hall–Kier alpha value is -1.56. The van der Waals surface area contributed by atoms with E-state index < -0.39 is 48.7 Å². The minimum Gasteiger partial charge on any atom is -0.741 e. The Morgan fingerprint density at radius 2 is 1.18 bits per heavy atom. The largest absolute Gasteiger partial charge is 2.00 e. The first-order chi connectivity index (χ1) is 17.3. The number of hydrogen-bond donors (Lipinski definition) is 5. The third kappa shape index (κ3) is 21.8. The van der Waals surface area contributed by atoms with Gasteiger partial charge in [0.25, 0.3) is 0 Å². The number of ether oxygens (including phenoxy) is 4. The summed E-state index contributed by atoms with van der Waals surface area (Å²) < 4.78 is 138. The second-order valence-corrected chi connectivity index (χ2v) is 10.9. The van der Waals surface area contributed by atoms with Gasteiger partial charge in [0, 0.05) is 13.0 Å². The number of rotatable bonds is 7. The Labute approximate surface area is 271 Å². The minimum atomic E-state index is -6.09. The normalized spacial score (nSPS) is 18.1. The first kappa shape index (κ1) is 62.3. The topological polar surface area (TPSA) is 360 Å². The van der Waals surface area contributed by atoms with Crippen molar-refractivity contribution in [1.29, 1.82) is 0 Å². The summed E-state index contributed by atoms with van der Waals surface area (Å²) in [5.74, 6) is -0.614. The summed E-state index contributed by atoms with van der Waals surface area (Å²) in [4.78, 5) is 23.7. The van der Waals surface area contributed by atoms with Crippen molar-refractivity contribution in [3.05, 3.63) is 12.2 Å². The van der Waals surface area contributed by atoms with Crippen molar-refractivity contribution in [3.8, 4) is 0 Å². The number of carbonyl (C=O) groups is 2. The van der Waals surface area contributed by atoms with Crippen molar-refractivity contribution < 1.29 is 101 Å². The number of methoxy groups -OCH3 is 3. The molecule has 0 aromatic carbocycles. The molecule has 0 unspecified atom stereocenters. The number of halogens is 6. The first-order valence-corrected chi connectivity index (χ1v) is 13.1. The Balaban J connectivity index is -0.0000000878. The number of alkyl halides is 6. The Morgan fingerprint density at radius 3 is 1.44 bits per heavy atom. The van der Waals surface area contributed by atoms with E-state index in [2.05, 4.69) is 4.74 Å². The second-order valence-electron chi connectivity index (χ2n) is 8.20. The van der Waals surface area contributed by atoms with E-state index in [1.165, 1.54) is 14.2 Å².